The van der Waals surface area contributed by atoms with Gasteiger partial charge in [0.15, 0.2) is 0 Å². The van der Waals surface area contributed by atoms with E-state index in [0.29, 0.717) is 36.1 Å². The zero-order valence-electron chi connectivity index (χ0n) is 19.6. The van der Waals surface area contributed by atoms with Gasteiger partial charge in [-0.25, -0.2) is 9.97 Å². The monoisotopic (exact) mass is 494 g/mol. The number of anilines is 1. The Balaban J connectivity index is 1.18. The Morgan fingerprint density at radius 3 is 2.89 bits per heavy atom. The van der Waals surface area contributed by atoms with Crippen molar-refractivity contribution in [3.8, 4) is 11.3 Å². The number of H-pyrrole nitrogens is 1. The summed E-state index contributed by atoms with van der Waals surface area (Å²) in [7, 11) is 0. The Kier molecular flexibility index (Phi) is 6.77. The van der Waals surface area contributed by atoms with Crippen molar-refractivity contribution in [3.05, 3.63) is 54.3 Å². The van der Waals surface area contributed by atoms with Crippen LogP contribution in [0.3, 0.4) is 0 Å². The van der Waals surface area contributed by atoms with Crippen LogP contribution in [-0.2, 0) is 4.79 Å². The number of para-hydroxylation sites is 1. The van der Waals surface area contributed by atoms with Crippen LogP contribution in [0.2, 0.25) is 5.02 Å². The number of benzene rings is 1. The molecule has 0 spiro atoms. The number of aromatic amines is 1. The Morgan fingerprint density at radius 1 is 1.29 bits per heavy atom. The lowest BCUT2D eigenvalue weighted by Crippen LogP contribution is -2.47. The van der Waals surface area contributed by atoms with Crippen LogP contribution in [0, 0.1) is 0 Å². The van der Waals surface area contributed by atoms with Gasteiger partial charge in [0, 0.05) is 54.4 Å². The van der Waals surface area contributed by atoms with E-state index in [1.807, 2.05) is 30.5 Å². The minimum atomic E-state index is -0.717. The number of amides is 1. The molecule has 3 heterocycles. The number of nitrogens with zero attached hydrogens (tertiary/aromatic N) is 3. The molecule has 2 aliphatic rings. The summed E-state index contributed by atoms with van der Waals surface area (Å²) in [4.78, 5) is 26.2. The highest BCUT2D eigenvalue weighted by molar-refractivity contribution is 6.33. The maximum absolute atomic E-state index is 11.6. The van der Waals surface area contributed by atoms with E-state index in [0.717, 1.165) is 48.8 Å². The third kappa shape index (κ3) is 5.34. The minimum absolute atomic E-state index is 0.121. The van der Waals surface area contributed by atoms with E-state index in [9.17, 15) is 9.90 Å². The topological polar surface area (TPSA) is 106 Å². The van der Waals surface area contributed by atoms with Gasteiger partial charge in [0.05, 0.1) is 22.5 Å². The van der Waals surface area contributed by atoms with Gasteiger partial charge in [0.25, 0.3) is 0 Å². The summed E-state index contributed by atoms with van der Waals surface area (Å²) in [5, 5.41) is 19.2. The zero-order chi connectivity index (χ0) is 24.4. The van der Waals surface area contributed by atoms with Crippen molar-refractivity contribution in [2.75, 3.05) is 25.0 Å². The van der Waals surface area contributed by atoms with Crippen LogP contribution in [0.25, 0.3) is 22.2 Å². The number of rotatable bonds is 7. The molecule has 184 valence electrons. The van der Waals surface area contributed by atoms with E-state index in [2.05, 4.69) is 32.1 Å². The van der Waals surface area contributed by atoms with Crippen LogP contribution in [0.4, 0.5) is 5.95 Å². The minimum Gasteiger partial charge on any atom is -0.389 e. The number of halogens is 1. The van der Waals surface area contributed by atoms with Crippen LogP contribution in [0.5, 0.6) is 0 Å². The summed E-state index contributed by atoms with van der Waals surface area (Å²) in [6.07, 6.45) is 8.83. The molecule has 4 N–H and O–H groups in total. The van der Waals surface area contributed by atoms with Gasteiger partial charge < -0.3 is 20.7 Å². The lowest BCUT2D eigenvalue weighted by Gasteiger charge is -2.38. The number of fused-ring (bicyclic) bond motifs is 1. The van der Waals surface area contributed by atoms with Gasteiger partial charge in [-0.1, -0.05) is 36.4 Å². The van der Waals surface area contributed by atoms with E-state index in [1.165, 1.54) is 6.08 Å². The van der Waals surface area contributed by atoms with Crippen molar-refractivity contribution in [2.45, 2.75) is 49.8 Å². The van der Waals surface area contributed by atoms with Crippen molar-refractivity contribution >= 4 is 34.4 Å². The molecule has 8 nitrogen and oxygen atoms in total. The number of hydrogen-bond acceptors (Lipinski definition) is 6. The van der Waals surface area contributed by atoms with E-state index < -0.39 is 5.60 Å². The average molecular weight is 495 g/mol. The number of carbonyl (C=O) groups is 1. The van der Waals surface area contributed by atoms with Crippen LogP contribution in [0.15, 0.2) is 49.3 Å². The lowest BCUT2D eigenvalue weighted by molar-refractivity contribution is -0.117. The smallest absolute Gasteiger partial charge is 0.243 e. The van der Waals surface area contributed by atoms with Gasteiger partial charge in [-0.05, 0) is 44.2 Å². The van der Waals surface area contributed by atoms with Gasteiger partial charge >= 0.3 is 0 Å². The first-order chi connectivity index (χ1) is 16.9. The highest BCUT2D eigenvalue weighted by atomic mass is 35.5. The number of nitrogens with one attached hydrogen (secondary N) is 3. The van der Waals surface area contributed by atoms with E-state index in [-0.39, 0.29) is 18.0 Å². The quantitative estimate of drug-likeness (QED) is 0.373. The molecule has 1 atom stereocenters. The molecular formula is C26H31ClN6O2. The fourth-order valence-electron chi connectivity index (χ4n) is 5.30. The summed E-state index contributed by atoms with van der Waals surface area (Å²) < 4.78 is 0. The van der Waals surface area contributed by atoms with Gasteiger partial charge in [-0.3, -0.25) is 9.69 Å². The highest BCUT2D eigenvalue weighted by Crippen LogP contribution is 2.34. The summed E-state index contributed by atoms with van der Waals surface area (Å²) >= 11 is 6.46. The standard InChI is InChI=1S/C26H31ClN6O2/c1-2-23(34)30-18-9-12-33(15-18)16-26(35)10-7-17(8-11-26)31-25-29-14-21(27)24(32-25)20-13-28-22-6-4-3-5-19(20)22/h2-6,13-14,17-18,28,35H,1,7-12,15-16H2,(H,30,34)(H,29,31,32)/t17?,18-,26?/m0/s1. The maximum Gasteiger partial charge on any atom is 0.243 e. The number of aromatic nitrogens is 3. The highest BCUT2D eigenvalue weighted by Gasteiger charge is 2.37. The first-order valence-corrected chi connectivity index (χ1v) is 12.5. The zero-order valence-corrected chi connectivity index (χ0v) is 20.4. The number of likely N-dealkylation sites (tertiary alicyclic amines) is 1. The molecule has 0 radical (unpaired) electrons. The third-order valence-corrected chi connectivity index (χ3v) is 7.44. The van der Waals surface area contributed by atoms with Gasteiger partial charge in [0.2, 0.25) is 11.9 Å². The van der Waals surface area contributed by atoms with Crippen LogP contribution >= 0.6 is 11.6 Å². The predicted molar refractivity (Wildman–Crippen MR) is 138 cm³/mol. The molecule has 0 unspecified atom stereocenters. The molecular weight excluding hydrogens is 464 g/mol. The molecule has 2 fully saturated rings. The molecule has 1 saturated carbocycles. The second kappa shape index (κ2) is 9.97. The molecule has 2 aromatic heterocycles. The summed E-state index contributed by atoms with van der Waals surface area (Å²) in [6, 6.07) is 8.36. The molecule has 1 aliphatic carbocycles. The van der Waals surface area contributed by atoms with Crippen molar-refractivity contribution in [3.63, 3.8) is 0 Å². The molecule has 1 saturated heterocycles. The average Bonchev–Trinajstić information content (AvgIpc) is 3.48. The van der Waals surface area contributed by atoms with E-state index in [4.69, 9.17) is 16.6 Å². The van der Waals surface area contributed by atoms with Gasteiger partial charge in [-0.2, -0.15) is 0 Å². The Morgan fingerprint density at radius 2 is 2.09 bits per heavy atom. The SMILES string of the molecule is C=CC(=O)N[C@H]1CCN(CC2(O)CCC(Nc3ncc(Cl)c(-c4c[nH]c5ccccc45)n3)CC2)C1. The number of aliphatic hydroxyl groups is 1. The lowest BCUT2D eigenvalue weighted by atomic mass is 9.82. The van der Waals surface area contributed by atoms with Crippen molar-refractivity contribution in [1.82, 2.24) is 25.2 Å². The molecule has 3 aromatic rings. The maximum atomic E-state index is 11.6. The molecule has 9 heteroatoms. The Bertz CT molecular complexity index is 1220. The summed E-state index contributed by atoms with van der Waals surface area (Å²) in [6.45, 7) is 5.78. The molecule has 0 bridgehead atoms. The summed E-state index contributed by atoms with van der Waals surface area (Å²) in [5.41, 5.74) is 1.96. The van der Waals surface area contributed by atoms with Crippen molar-refractivity contribution < 1.29 is 9.90 Å². The molecule has 35 heavy (non-hydrogen) atoms. The first kappa shape index (κ1) is 23.8. The van der Waals surface area contributed by atoms with Crippen LogP contribution in [-0.4, -0.2) is 68.2 Å². The second-order valence-electron chi connectivity index (χ2n) is 9.71. The van der Waals surface area contributed by atoms with Crippen molar-refractivity contribution in [1.29, 1.82) is 0 Å². The predicted octanol–water partition coefficient (Wildman–Crippen LogP) is 3.74. The third-order valence-electron chi connectivity index (χ3n) is 7.16. The number of carbonyl (C=O) groups excluding carboxylic acids is 1. The van der Waals surface area contributed by atoms with Gasteiger partial charge in [0.1, 0.15) is 0 Å². The molecule has 5 rings (SSSR count). The fraction of sp³-hybridized carbons (Fsp3) is 0.423. The van der Waals surface area contributed by atoms with E-state index >= 15 is 0 Å². The number of hydrogen-bond donors (Lipinski definition) is 4. The van der Waals surface area contributed by atoms with Crippen LogP contribution in [0.1, 0.15) is 32.1 Å². The second-order valence-corrected chi connectivity index (χ2v) is 10.1. The van der Waals surface area contributed by atoms with Crippen molar-refractivity contribution in [2.24, 2.45) is 0 Å². The number of β-amino-alcohol motifs (C(OH)–C–C–N with tert-alkyl or cyclic N) is 1. The fourth-order valence-corrected chi connectivity index (χ4v) is 5.50. The molecule has 1 aromatic carbocycles. The summed E-state index contributed by atoms with van der Waals surface area (Å²) in [5.74, 6) is 0.407. The Hall–Kier alpha value is -2.94. The van der Waals surface area contributed by atoms with E-state index in [1.54, 1.807) is 6.20 Å². The first-order valence-electron chi connectivity index (χ1n) is 12.2. The van der Waals surface area contributed by atoms with Crippen LogP contribution < -0.4 is 10.6 Å². The van der Waals surface area contributed by atoms with Gasteiger partial charge in [-0.15, -0.1) is 0 Å². The largest absolute Gasteiger partial charge is 0.389 e. The molecule has 1 amide bonds. The normalized spacial score (nSPS) is 25.0. The molecule has 1 aliphatic heterocycles. The Labute approximate surface area is 209 Å².